The molecule has 1 aromatic rings. The first-order valence-electron chi connectivity index (χ1n) is 4.52. The van der Waals surface area contributed by atoms with E-state index in [1.807, 2.05) is 0 Å². The normalized spacial score (nSPS) is 10.5. The van der Waals surface area contributed by atoms with Gasteiger partial charge >= 0.3 is 0 Å². The van der Waals surface area contributed by atoms with Gasteiger partial charge in [-0.1, -0.05) is 0 Å². The molecule has 0 bridgehead atoms. The molecule has 1 rings (SSSR count). The molecule has 0 aliphatic heterocycles. The van der Waals surface area contributed by atoms with E-state index in [0.717, 1.165) is 0 Å². The van der Waals surface area contributed by atoms with Gasteiger partial charge in [0.1, 0.15) is 0 Å². The van der Waals surface area contributed by atoms with Crippen LogP contribution in [0, 0.1) is 11.6 Å². The highest BCUT2D eigenvalue weighted by atomic mass is 79.9. The molecule has 0 aliphatic carbocycles. The second-order valence-corrected chi connectivity index (χ2v) is 3.93. The molecule has 0 radical (unpaired) electrons. The summed E-state index contributed by atoms with van der Waals surface area (Å²) in [4.78, 5) is 0. The molecule has 5 heteroatoms. The number of rotatable bonds is 4. The predicted molar refractivity (Wildman–Crippen MR) is 58.0 cm³/mol. The van der Waals surface area contributed by atoms with Crippen molar-refractivity contribution in [2.75, 3.05) is 13.7 Å². The minimum Gasteiger partial charge on any atom is -0.491 e. The van der Waals surface area contributed by atoms with Crippen molar-refractivity contribution in [1.82, 2.24) is 0 Å². The van der Waals surface area contributed by atoms with Crippen molar-refractivity contribution in [3.05, 3.63) is 27.7 Å². The zero-order chi connectivity index (χ0) is 11.4. The summed E-state index contributed by atoms with van der Waals surface area (Å²) in [5, 5.41) is 0. The maximum Gasteiger partial charge on any atom is 0.191 e. The number of hydrogen-bond acceptors (Lipinski definition) is 2. The molecule has 0 spiro atoms. The van der Waals surface area contributed by atoms with E-state index in [1.54, 1.807) is 0 Å². The Kier molecular flexibility index (Phi) is 4.47. The molecule has 2 N–H and O–H groups in total. The van der Waals surface area contributed by atoms with Gasteiger partial charge in [0.25, 0.3) is 0 Å². The predicted octanol–water partition coefficient (Wildman–Crippen LogP) is 2.63. The van der Waals surface area contributed by atoms with Crippen LogP contribution in [-0.2, 0) is 6.42 Å². The van der Waals surface area contributed by atoms with Gasteiger partial charge < -0.3 is 10.5 Å². The third-order valence-corrected chi connectivity index (χ3v) is 2.62. The molecular formula is C10H12BrF2NO. The minimum atomic E-state index is -0.716. The number of hydrogen-bond donors (Lipinski definition) is 1. The van der Waals surface area contributed by atoms with Gasteiger partial charge in [0.15, 0.2) is 17.4 Å². The second kappa shape index (κ2) is 5.42. The molecule has 84 valence electrons. The van der Waals surface area contributed by atoms with Crippen LogP contribution >= 0.6 is 15.9 Å². The molecule has 15 heavy (non-hydrogen) atoms. The fraction of sp³-hybridized carbons (Fsp3) is 0.400. The lowest BCUT2D eigenvalue weighted by Crippen LogP contribution is -2.04. The van der Waals surface area contributed by atoms with Crippen LogP contribution in [0.4, 0.5) is 8.78 Å². The smallest absolute Gasteiger partial charge is 0.191 e. The number of nitrogens with two attached hydrogens (primary N) is 1. The van der Waals surface area contributed by atoms with Crippen LogP contribution in [0.25, 0.3) is 0 Å². The Bertz CT molecular complexity index is 358. The van der Waals surface area contributed by atoms with Gasteiger partial charge in [-0.25, -0.2) is 8.78 Å². The molecule has 0 saturated heterocycles. The van der Waals surface area contributed by atoms with Crippen molar-refractivity contribution >= 4 is 15.9 Å². The Morgan fingerprint density at radius 3 is 2.60 bits per heavy atom. The van der Waals surface area contributed by atoms with Crippen molar-refractivity contribution in [1.29, 1.82) is 0 Å². The van der Waals surface area contributed by atoms with E-state index >= 15 is 0 Å². The summed E-state index contributed by atoms with van der Waals surface area (Å²) in [5.41, 5.74) is 5.73. The summed E-state index contributed by atoms with van der Waals surface area (Å²) in [6, 6.07) is 1.42. The summed E-state index contributed by atoms with van der Waals surface area (Å²) in [6.07, 6.45) is 1.12. The van der Waals surface area contributed by atoms with Gasteiger partial charge in [-0.05, 0) is 46.9 Å². The summed E-state index contributed by atoms with van der Waals surface area (Å²) in [5.74, 6) is -1.71. The average Bonchev–Trinajstić information content (AvgIpc) is 2.22. The molecule has 0 unspecified atom stereocenters. The van der Waals surface area contributed by atoms with Crippen molar-refractivity contribution in [2.24, 2.45) is 5.73 Å². The zero-order valence-corrected chi connectivity index (χ0v) is 9.90. The second-order valence-electron chi connectivity index (χ2n) is 3.07. The molecule has 0 saturated carbocycles. The Labute approximate surface area is 95.5 Å². The van der Waals surface area contributed by atoms with Crippen LogP contribution in [-0.4, -0.2) is 13.7 Å². The van der Waals surface area contributed by atoms with Gasteiger partial charge in [-0.2, -0.15) is 0 Å². The maximum atomic E-state index is 13.6. The largest absolute Gasteiger partial charge is 0.491 e. The van der Waals surface area contributed by atoms with Crippen LogP contribution < -0.4 is 10.5 Å². The fourth-order valence-corrected chi connectivity index (χ4v) is 1.74. The standard InChI is InChI=1S/C10H12BrF2NO/c1-15-10-8(12)6(3-2-4-14)5-7(11)9(10)13/h5H,2-4,14H2,1H3. The van der Waals surface area contributed by atoms with Crippen molar-refractivity contribution < 1.29 is 13.5 Å². The highest BCUT2D eigenvalue weighted by Crippen LogP contribution is 2.31. The van der Waals surface area contributed by atoms with Crippen LogP contribution in [0.1, 0.15) is 12.0 Å². The molecular weight excluding hydrogens is 268 g/mol. The first kappa shape index (κ1) is 12.4. The number of methoxy groups -OCH3 is 1. The molecule has 0 heterocycles. The van der Waals surface area contributed by atoms with Gasteiger partial charge in [0.05, 0.1) is 11.6 Å². The van der Waals surface area contributed by atoms with Crippen molar-refractivity contribution in [2.45, 2.75) is 12.8 Å². The Balaban J connectivity index is 3.12. The number of aryl methyl sites for hydroxylation is 1. The lowest BCUT2D eigenvalue weighted by molar-refractivity contribution is 0.356. The Morgan fingerprint density at radius 2 is 2.07 bits per heavy atom. The van der Waals surface area contributed by atoms with Gasteiger partial charge in [-0.15, -0.1) is 0 Å². The van der Waals surface area contributed by atoms with Crippen molar-refractivity contribution in [3.63, 3.8) is 0 Å². The molecule has 0 aliphatic rings. The van der Waals surface area contributed by atoms with Gasteiger partial charge in [0, 0.05) is 0 Å². The van der Waals surface area contributed by atoms with E-state index in [0.29, 0.717) is 24.9 Å². The zero-order valence-electron chi connectivity index (χ0n) is 8.32. The van der Waals surface area contributed by atoms with E-state index in [-0.39, 0.29) is 10.2 Å². The minimum absolute atomic E-state index is 0.202. The maximum absolute atomic E-state index is 13.6. The van der Waals surface area contributed by atoms with Crippen LogP contribution in [0.2, 0.25) is 0 Å². The summed E-state index contributed by atoms with van der Waals surface area (Å²) >= 11 is 3.01. The fourth-order valence-electron chi connectivity index (χ4n) is 1.28. The van der Waals surface area contributed by atoms with Crippen LogP contribution in [0.5, 0.6) is 5.75 Å². The van der Waals surface area contributed by atoms with E-state index in [2.05, 4.69) is 20.7 Å². The average molecular weight is 280 g/mol. The monoisotopic (exact) mass is 279 g/mol. The topological polar surface area (TPSA) is 35.2 Å². The number of benzene rings is 1. The van der Waals surface area contributed by atoms with Crippen molar-refractivity contribution in [3.8, 4) is 5.75 Å². The van der Waals surface area contributed by atoms with Crippen LogP contribution in [0.3, 0.4) is 0 Å². The molecule has 0 fully saturated rings. The van der Waals surface area contributed by atoms with Gasteiger partial charge in [-0.3, -0.25) is 0 Å². The lowest BCUT2D eigenvalue weighted by Gasteiger charge is -2.09. The first-order valence-corrected chi connectivity index (χ1v) is 5.31. The quantitative estimate of drug-likeness (QED) is 0.860. The highest BCUT2D eigenvalue weighted by molar-refractivity contribution is 9.10. The van der Waals surface area contributed by atoms with E-state index in [4.69, 9.17) is 5.73 Å². The Hall–Kier alpha value is -0.680. The van der Waals surface area contributed by atoms with Gasteiger partial charge in [0.2, 0.25) is 0 Å². The Morgan fingerprint density at radius 1 is 1.40 bits per heavy atom. The van der Waals surface area contributed by atoms with Crippen LogP contribution in [0.15, 0.2) is 10.5 Å². The summed E-state index contributed by atoms with van der Waals surface area (Å²) in [7, 11) is 1.24. The molecule has 1 aromatic carbocycles. The lowest BCUT2D eigenvalue weighted by atomic mass is 10.1. The van der Waals surface area contributed by atoms with E-state index < -0.39 is 11.6 Å². The third kappa shape index (κ3) is 2.66. The SMILES string of the molecule is COc1c(F)c(Br)cc(CCCN)c1F. The molecule has 0 atom stereocenters. The summed E-state index contributed by atoms with van der Waals surface area (Å²) in [6.45, 7) is 0.469. The number of ether oxygens (including phenoxy) is 1. The molecule has 0 amide bonds. The molecule has 2 nitrogen and oxygen atoms in total. The summed E-state index contributed by atoms with van der Waals surface area (Å²) < 4.78 is 31.8. The molecule has 0 aromatic heterocycles. The third-order valence-electron chi connectivity index (χ3n) is 2.05. The number of halogens is 3. The first-order chi connectivity index (χ1) is 7.11. The highest BCUT2D eigenvalue weighted by Gasteiger charge is 2.17. The van der Waals surface area contributed by atoms with E-state index in [9.17, 15) is 8.78 Å². The van der Waals surface area contributed by atoms with E-state index in [1.165, 1.54) is 13.2 Å².